The molecule has 0 fully saturated rings. The predicted molar refractivity (Wildman–Crippen MR) is 81.0 cm³/mol. The fourth-order valence-corrected chi connectivity index (χ4v) is 2.80. The highest BCUT2D eigenvalue weighted by Gasteiger charge is 2.16. The molecule has 1 aromatic carbocycles. The van der Waals surface area contributed by atoms with Crippen molar-refractivity contribution < 1.29 is 0 Å². The van der Waals surface area contributed by atoms with Gasteiger partial charge in [0.15, 0.2) is 4.77 Å². The minimum Gasteiger partial charge on any atom is -0.370 e. The molecule has 0 saturated carbocycles. The molecule has 1 aliphatic rings. The van der Waals surface area contributed by atoms with Crippen LogP contribution < -0.4 is 5.32 Å². The highest BCUT2D eigenvalue weighted by molar-refractivity contribution is 7.71. The Hall–Kier alpha value is -1.68. The number of hydrogen-bond donors (Lipinski definition) is 2. The van der Waals surface area contributed by atoms with Crippen LogP contribution in [0.1, 0.15) is 24.0 Å². The summed E-state index contributed by atoms with van der Waals surface area (Å²) in [6.45, 7) is 3.11. The Morgan fingerprint density at radius 3 is 2.89 bits per heavy atom. The number of aryl methyl sites for hydroxylation is 1. The van der Waals surface area contributed by atoms with Crippen molar-refractivity contribution in [3.8, 4) is 11.3 Å². The lowest BCUT2D eigenvalue weighted by Crippen LogP contribution is -2.05. The molecule has 19 heavy (non-hydrogen) atoms. The third-order valence-electron chi connectivity index (χ3n) is 3.59. The van der Waals surface area contributed by atoms with Gasteiger partial charge >= 0.3 is 0 Å². The molecule has 2 heterocycles. The molecule has 2 aromatic rings. The van der Waals surface area contributed by atoms with Gasteiger partial charge in [-0.1, -0.05) is 24.3 Å². The number of fused-ring (bicyclic) bond motifs is 1. The van der Waals surface area contributed by atoms with E-state index in [4.69, 9.17) is 12.2 Å². The van der Waals surface area contributed by atoms with Crippen molar-refractivity contribution in [3.63, 3.8) is 0 Å². The number of nitrogens with one attached hydrogen (secondary N) is 2. The molecular formula is C15H17N3S. The first kappa shape index (κ1) is 12.4. The number of nitrogens with zero attached hydrogens (tertiary/aromatic N) is 1. The zero-order valence-electron chi connectivity index (χ0n) is 11.0. The van der Waals surface area contributed by atoms with Crippen LogP contribution in [0.25, 0.3) is 11.3 Å². The molecule has 0 aliphatic carbocycles. The first-order valence-electron chi connectivity index (χ1n) is 6.69. The summed E-state index contributed by atoms with van der Waals surface area (Å²) in [6, 6.07) is 8.39. The molecule has 98 valence electrons. The molecule has 0 unspecified atom stereocenters. The van der Waals surface area contributed by atoms with Crippen LogP contribution in [0.15, 0.2) is 24.3 Å². The van der Waals surface area contributed by atoms with E-state index < -0.39 is 0 Å². The highest BCUT2D eigenvalue weighted by Crippen LogP contribution is 2.30. The zero-order chi connectivity index (χ0) is 13.2. The number of benzene rings is 1. The number of rotatable bonds is 1. The second-order valence-electron chi connectivity index (χ2n) is 4.94. The van der Waals surface area contributed by atoms with E-state index in [9.17, 15) is 0 Å². The lowest BCUT2D eigenvalue weighted by molar-refractivity contribution is 0.785. The van der Waals surface area contributed by atoms with Crippen LogP contribution in [0, 0.1) is 11.7 Å². The van der Waals surface area contributed by atoms with E-state index in [1.807, 2.05) is 0 Å². The second kappa shape index (κ2) is 5.13. The Morgan fingerprint density at radius 2 is 2.05 bits per heavy atom. The van der Waals surface area contributed by atoms with Gasteiger partial charge in [-0.05, 0) is 44.0 Å². The van der Waals surface area contributed by atoms with Gasteiger partial charge in [-0.15, -0.1) is 0 Å². The van der Waals surface area contributed by atoms with Crippen molar-refractivity contribution in [2.24, 2.45) is 0 Å². The molecule has 0 spiro atoms. The maximum Gasteiger partial charge on any atom is 0.199 e. The topological polar surface area (TPSA) is 40.7 Å². The van der Waals surface area contributed by atoms with Crippen molar-refractivity contribution in [3.05, 3.63) is 40.2 Å². The van der Waals surface area contributed by atoms with Gasteiger partial charge in [0.25, 0.3) is 0 Å². The van der Waals surface area contributed by atoms with E-state index in [-0.39, 0.29) is 0 Å². The van der Waals surface area contributed by atoms with E-state index in [1.54, 1.807) is 0 Å². The first-order valence-corrected chi connectivity index (χ1v) is 7.09. The van der Waals surface area contributed by atoms with Crippen LogP contribution in [0.3, 0.4) is 0 Å². The summed E-state index contributed by atoms with van der Waals surface area (Å²) in [6.07, 6.45) is 3.41. The van der Waals surface area contributed by atoms with Crippen molar-refractivity contribution in [1.82, 2.24) is 9.97 Å². The van der Waals surface area contributed by atoms with Crippen LogP contribution in [0.2, 0.25) is 0 Å². The number of H-pyrrole nitrogens is 1. The molecule has 0 atom stereocenters. The van der Waals surface area contributed by atoms with Gasteiger partial charge < -0.3 is 10.3 Å². The fraction of sp³-hybridized carbons (Fsp3) is 0.333. The average Bonchev–Trinajstić information content (AvgIpc) is 2.63. The molecule has 0 amide bonds. The summed E-state index contributed by atoms with van der Waals surface area (Å²) >= 11 is 5.27. The summed E-state index contributed by atoms with van der Waals surface area (Å²) < 4.78 is 0.548. The van der Waals surface area contributed by atoms with Crippen LogP contribution >= 0.6 is 12.2 Å². The van der Waals surface area contributed by atoms with Gasteiger partial charge in [-0.2, -0.15) is 0 Å². The maximum absolute atomic E-state index is 5.27. The Bertz CT molecular complexity index is 661. The van der Waals surface area contributed by atoms with Crippen molar-refractivity contribution in [2.75, 3.05) is 11.9 Å². The van der Waals surface area contributed by atoms with Gasteiger partial charge in [0, 0.05) is 17.7 Å². The van der Waals surface area contributed by atoms with Crippen molar-refractivity contribution in [1.29, 1.82) is 0 Å². The Labute approximate surface area is 118 Å². The molecule has 2 N–H and O–H groups in total. The first-order chi connectivity index (χ1) is 9.25. The fourth-order valence-electron chi connectivity index (χ4n) is 2.60. The third kappa shape index (κ3) is 2.40. The summed E-state index contributed by atoms with van der Waals surface area (Å²) in [4.78, 5) is 7.72. The Balaban J connectivity index is 2.24. The summed E-state index contributed by atoms with van der Waals surface area (Å²) in [7, 11) is 0. The smallest absolute Gasteiger partial charge is 0.199 e. The average molecular weight is 271 g/mol. The third-order valence-corrected chi connectivity index (χ3v) is 3.79. The van der Waals surface area contributed by atoms with Gasteiger partial charge in [0.1, 0.15) is 5.82 Å². The molecule has 3 rings (SSSR count). The normalized spacial score (nSPS) is 14.4. The summed E-state index contributed by atoms with van der Waals surface area (Å²) in [5, 5.41) is 3.40. The lowest BCUT2D eigenvalue weighted by Gasteiger charge is -2.14. The molecule has 4 heteroatoms. The second-order valence-corrected chi connectivity index (χ2v) is 5.33. The van der Waals surface area contributed by atoms with Crippen LogP contribution in [-0.2, 0) is 6.42 Å². The molecular weight excluding hydrogens is 254 g/mol. The lowest BCUT2D eigenvalue weighted by atomic mass is 9.99. The standard InChI is InChI=1S/C15H17N3S/c1-10-6-2-3-7-11(10)13-12-8-4-5-9-16-14(12)18-15(19)17-13/h2-3,6-7H,4-5,8-9H2,1H3,(H2,16,17,18,19). The molecule has 0 radical (unpaired) electrons. The molecule has 1 aromatic heterocycles. The summed E-state index contributed by atoms with van der Waals surface area (Å²) in [5.74, 6) is 0.958. The van der Waals surface area contributed by atoms with E-state index in [0.29, 0.717) is 4.77 Å². The predicted octanol–water partition coefficient (Wildman–Crippen LogP) is 3.86. The monoisotopic (exact) mass is 271 g/mol. The minimum absolute atomic E-state index is 0.548. The minimum atomic E-state index is 0.548. The van der Waals surface area contributed by atoms with Crippen molar-refractivity contribution in [2.45, 2.75) is 26.2 Å². The van der Waals surface area contributed by atoms with Crippen LogP contribution in [-0.4, -0.2) is 16.5 Å². The van der Waals surface area contributed by atoms with E-state index >= 15 is 0 Å². The van der Waals surface area contributed by atoms with Gasteiger partial charge in [-0.3, -0.25) is 0 Å². The van der Waals surface area contributed by atoms with Crippen LogP contribution in [0.4, 0.5) is 5.82 Å². The Morgan fingerprint density at radius 1 is 1.21 bits per heavy atom. The maximum atomic E-state index is 5.27. The number of aromatic amines is 1. The van der Waals surface area contributed by atoms with Gasteiger partial charge in [0.2, 0.25) is 0 Å². The zero-order valence-corrected chi connectivity index (χ0v) is 11.8. The number of aromatic nitrogens is 2. The Kier molecular flexibility index (Phi) is 3.34. The van der Waals surface area contributed by atoms with Crippen LogP contribution in [0.5, 0.6) is 0 Å². The SMILES string of the molecule is Cc1ccccc1-c1[nH]c(=S)nc2c1CCCCN2. The highest BCUT2D eigenvalue weighted by atomic mass is 32.1. The quantitative estimate of drug-likeness (QED) is 0.774. The molecule has 1 aliphatic heterocycles. The van der Waals surface area contributed by atoms with Gasteiger partial charge in [-0.25, -0.2) is 4.98 Å². The summed E-state index contributed by atoms with van der Waals surface area (Å²) in [5.41, 5.74) is 4.87. The van der Waals surface area contributed by atoms with E-state index in [2.05, 4.69) is 46.5 Å². The molecule has 0 saturated heterocycles. The van der Waals surface area contributed by atoms with E-state index in [1.165, 1.54) is 29.5 Å². The number of anilines is 1. The van der Waals surface area contributed by atoms with Crippen molar-refractivity contribution >= 4 is 18.0 Å². The number of hydrogen-bond acceptors (Lipinski definition) is 3. The molecule has 0 bridgehead atoms. The largest absolute Gasteiger partial charge is 0.370 e. The van der Waals surface area contributed by atoms with Gasteiger partial charge in [0.05, 0.1) is 5.69 Å². The van der Waals surface area contributed by atoms with E-state index in [0.717, 1.165) is 24.5 Å². The molecule has 3 nitrogen and oxygen atoms in total.